The van der Waals surface area contributed by atoms with E-state index < -0.39 is 5.60 Å². The third kappa shape index (κ3) is 1.95. The van der Waals surface area contributed by atoms with Gasteiger partial charge in [-0.3, -0.25) is 4.79 Å². The summed E-state index contributed by atoms with van der Waals surface area (Å²) in [5.41, 5.74) is 2.56. The van der Waals surface area contributed by atoms with Crippen LogP contribution in [0, 0.1) is 28.6 Å². The molecule has 3 saturated carbocycles. The largest absolute Gasteiger partial charge is 0.390 e. The van der Waals surface area contributed by atoms with Gasteiger partial charge in [0.05, 0.1) is 5.60 Å². The standard InChI is InChI=1S/C22H34O2/c1-5-14-16-7-6-15-17(20(16,2)11-10-19(14)23)8-12-21(3)18(15)9-13-22(21,4)24/h15,17-18,24H,5-13H2,1-4H3/t15-,17-,18-,20-,21-,22+/m1/s1. The van der Waals surface area contributed by atoms with Crippen LogP contribution < -0.4 is 0 Å². The first kappa shape index (κ1) is 16.8. The Labute approximate surface area is 147 Å². The van der Waals surface area contributed by atoms with E-state index in [0.717, 1.165) is 50.4 Å². The van der Waals surface area contributed by atoms with Crippen molar-refractivity contribution in [2.45, 2.75) is 91.1 Å². The highest BCUT2D eigenvalue weighted by Gasteiger charge is 2.62. The second-order valence-corrected chi connectivity index (χ2v) is 9.84. The third-order valence-corrected chi connectivity index (χ3v) is 9.16. The summed E-state index contributed by atoms with van der Waals surface area (Å²) in [6, 6.07) is 0. The van der Waals surface area contributed by atoms with Crippen LogP contribution in [0.2, 0.25) is 0 Å². The van der Waals surface area contributed by atoms with Gasteiger partial charge in [-0.25, -0.2) is 0 Å². The average Bonchev–Trinajstić information content (AvgIpc) is 2.78. The fourth-order valence-corrected chi connectivity index (χ4v) is 7.48. The molecule has 0 aromatic heterocycles. The van der Waals surface area contributed by atoms with E-state index in [1.54, 1.807) is 0 Å². The molecule has 0 aromatic carbocycles. The number of carbonyl (C=O) groups is 1. The van der Waals surface area contributed by atoms with Crippen LogP contribution in [0.25, 0.3) is 0 Å². The number of rotatable bonds is 1. The zero-order valence-electron chi connectivity index (χ0n) is 16.0. The van der Waals surface area contributed by atoms with Gasteiger partial charge >= 0.3 is 0 Å². The molecule has 0 heterocycles. The summed E-state index contributed by atoms with van der Waals surface area (Å²) >= 11 is 0. The Hall–Kier alpha value is -0.630. The fraction of sp³-hybridized carbons (Fsp3) is 0.864. The van der Waals surface area contributed by atoms with Gasteiger partial charge in [0, 0.05) is 6.42 Å². The summed E-state index contributed by atoms with van der Waals surface area (Å²) in [6.45, 7) is 9.06. The molecular formula is C22H34O2. The van der Waals surface area contributed by atoms with Crippen molar-refractivity contribution in [2.75, 3.05) is 0 Å². The molecule has 4 rings (SSSR count). The maximum Gasteiger partial charge on any atom is 0.158 e. The molecule has 2 heteroatoms. The lowest BCUT2D eigenvalue weighted by Crippen LogP contribution is -2.54. The second-order valence-electron chi connectivity index (χ2n) is 9.84. The minimum absolute atomic E-state index is 0.101. The van der Waals surface area contributed by atoms with Crippen molar-refractivity contribution in [3.8, 4) is 0 Å². The van der Waals surface area contributed by atoms with E-state index in [-0.39, 0.29) is 10.8 Å². The molecule has 134 valence electrons. The van der Waals surface area contributed by atoms with Gasteiger partial charge in [-0.1, -0.05) is 26.3 Å². The van der Waals surface area contributed by atoms with E-state index in [9.17, 15) is 9.90 Å². The zero-order valence-corrected chi connectivity index (χ0v) is 16.0. The minimum atomic E-state index is -0.489. The Kier molecular flexibility index (Phi) is 3.64. The van der Waals surface area contributed by atoms with E-state index in [1.165, 1.54) is 30.4 Å². The van der Waals surface area contributed by atoms with Crippen molar-refractivity contribution in [2.24, 2.45) is 28.6 Å². The Balaban J connectivity index is 1.73. The fourth-order valence-electron chi connectivity index (χ4n) is 7.48. The van der Waals surface area contributed by atoms with Crippen LogP contribution in [-0.4, -0.2) is 16.5 Å². The molecule has 0 bridgehead atoms. The van der Waals surface area contributed by atoms with Gasteiger partial charge in [0.15, 0.2) is 5.78 Å². The first-order valence-corrected chi connectivity index (χ1v) is 10.2. The van der Waals surface area contributed by atoms with E-state index >= 15 is 0 Å². The number of hydrogen-bond donors (Lipinski definition) is 1. The van der Waals surface area contributed by atoms with E-state index in [2.05, 4.69) is 27.7 Å². The quantitative estimate of drug-likeness (QED) is 0.730. The molecule has 0 saturated heterocycles. The molecule has 24 heavy (non-hydrogen) atoms. The van der Waals surface area contributed by atoms with Crippen molar-refractivity contribution in [1.82, 2.24) is 0 Å². The van der Waals surface area contributed by atoms with Gasteiger partial charge in [0.2, 0.25) is 0 Å². The predicted molar refractivity (Wildman–Crippen MR) is 96.6 cm³/mol. The highest BCUT2D eigenvalue weighted by Crippen LogP contribution is 2.67. The summed E-state index contributed by atoms with van der Waals surface area (Å²) in [6.07, 6.45) is 9.65. The summed E-state index contributed by atoms with van der Waals surface area (Å²) < 4.78 is 0. The zero-order chi connectivity index (χ0) is 17.3. The molecule has 3 fully saturated rings. The van der Waals surface area contributed by atoms with E-state index in [0.29, 0.717) is 11.7 Å². The smallest absolute Gasteiger partial charge is 0.158 e. The Bertz CT molecular complexity index is 601. The van der Waals surface area contributed by atoms with Gasteiger partial charge in [-0.2, -0.15) is 0 Å². The van der Waals surface area contributed by atoms with Crippen LogP contribution in [0.15, 0.2) is 11.1 Å². The van der Waals surface area contributed by atoms with Gasteiger partial charge in [0.1, 0.15) is 0 Å². The summed E-state index contributed by atoms with van der Waals surface area (Å²) in [4.78, 5) is 12.4. The molecule has 0 aliphatic heterocycles. The average molecular weight is 331 g/mol. The topological polar surface area (TPSA) is 37.3 Å². The number of carbonyl (C=O) groups excluding carboxylic acids is 1. The molecular weight excluding hydrogens is 296 g/mol. The normalized spacial score (nSPS) is 51.2. The van der Waals surface area contributed by atoms with Gasteiger partial charge in [0.25, 0.3) is 0 Å². The number of ketones is 1. The van der Waals surface area contributed by atoms with Crippen molar-refractivity contribution >= 4 is 5.78 Å². The van der Waals surface area contributed by atoms with Crippen LogP contribution in [0.4, 0.5) is 0 Å². The Morgan fingerprint density at radius 2 is 1.71 bits per heavy atom. The lowest BCUT2D eigenvalue weighted by molar-refractivity contribution is -0.125. The van der Waals surface area contributed by atoms with Gasteiger partial charge in [-0.05, 0) is 92.4 Å². The van der Waals surface area contributed by atoms with Crippen LogP contribution >= 0.6 is 0 Å². The molecule has 4 aliphatic rings. The Morgan fingerprint density at radius 1 is 1.00 bits per heavy atom. The first-order chi connectivity index (χ1) is 11.2. The molecule has 0 spiro atoms. The predicted octanol–water partition coefficient (Wildman–Crippen LogP) is 5.05. The van der Waals surface area contributed by atoms with Crippen molar-refractivity contribution in [3.05, 3.63) is 11.1 Å². The number of Topliss-reactive ketones (excluding diaryl/α,β-unsaturated/α-hetero) is 1. The van der Waals surface area contributed by atoms with Crippen molar-refractivity contribution in [3.63, 3.8) is 0 Å². The van der Waals surface area contributed by atoms with Gasteiger partial charge < -0.3 is 5.11 Å². The SMILES string of the molecule is CCC1=C2CC[C@@H]3[C@@H](CC[C@]4(C)[C@@H]3CC[C@]4(C)O)[C@]2(C)CCC1=O. The molecule has 6 atom stereocenters. The van der Waals surface area contributed by atoms with Crippen LogP contribution in [0.5, 0.6) is 0 Å². The van der Waals surface area contributed by atoms with Crippen molar-refractivity contribution in [1.29, 1.82) is 0 Å². The van der Waals surface area contributed by atoms with Crippen LogP contribution in [0.3, 0.4) is 0 Å². The molecule has 0 aromatic rings. The van der Waals surface area contributed by atoms with Crippen LogP contribution in [0.1, 0.15) is 85.5 Å². The number of aliphatic hydroxyl groups is 1. The van der Waals surface area contributed by atoms with E-state index in [1.807, 2.05) is 0 Å². The maximum absolute atomic E-state index is 12.4. The van der Waals surface area contributed by atoms with Crippen LogP contribution in [-0.2, 0) is 4.79 Å². The number of allylic oxidation sites excluding steroid dienone is 1. The summed E-state index contributed by atoms with van der Waals surface area (Å²) in [5, 5.41) is 11.0. The number of fused-ring (bicyclic) bond motifs is 5. The lowest BCUT2D eigenvalue weighted by Gasteiger charge is -2.59. The third-order valence-electron chi connectivity index (χ3n) is 9.16. The first-order valence-electron chi connectivity index (χ1n) is 10.2. The highest BCUT2D eigenvalue weighted by molar-refractivity contribution is 5.97. The maximum atomic E-state index is 12.4. The molecule has 0 amide bonds. The van der Waals surface area contributed by atoms with Crippen molar-refractivity contribution < 1.29 is 9.90 Å². The molecule has 1 N–H and O–H groups in total. The Morgan fingerprint density at radius 3 is 2.42 bits per heavy atom. The summed E-state index contributed by atoms with van der Waals surface area (Å²) in [7, 11) is 0. The summed E-state index contributed by atoms with van der Waals surface area (Å²) in [5.74, 6) is 2.57. The second kappa shape index (κ2) is 5.19. The minimum Gasteiger partial charge on any atom is -0.390 e. The monoisotopic (exact) mass is 330 g/mol. The number of hydrogen-bond acceptors (Lipinski definition) is 2. The highest BCUT2D eigenvalue weighted by atomic mass is 16.3. The van der Waals surface area contributed by atoms with E-state index in [4.69, 9.17) is 0 Å². The molecule has 0 radical (unpaired) electrons. The van der Waals surface area contributed by atoms with Gasteiger partial charge in [-0.15, -0.1) is 0 Å². The molecule has 4 aliphatic carbocycles. The molecule has 0 unspecified atom stereocenters. The molecule has 2 nitrogen and oxygen atoms in total. The lowest BCUT2D eigenvalue weighted by atomic mass is 9.46.